The van der Waals surface area contributed by atoms with Gasteiger partial charge in [-0.25, -0.2) is 4.98 Å². The number of hydrogen-bond acceptors (Lipinski definition) is 2. The van der Waals surface area contributed by atoms with Gasteiger partial charge >= 0.3 is 0 Å². The number of nitrogens with zero attached hydrogens (tertiary/aromatic N) is 1. The normalized spacial score (nSPS) is 12.9. The molecule has 90 valence electrons. The smallest absolute Gasteiger partial charge is 0.251 e. The summed E-state index contributed by atoms with van der Waals surface area (Å²) in [4.78, 5) is 19.1. The highest BCUT2D eigenvalue weighted by Crippen LogP contribution is 2.12. The fourth-order valence-corrected chi connectivity index (χ4v) is 1.53. The van der Waals surface area contributed by atoms with Gasteiger partial charge in [-0.2, -0.15) is 0 Å². The van der Waals surface area contributed by atoms with E-state index < -0.39 is 0 Å². The standard InChI is InChI=1S/C13H17N3O/c1-8(2)9(3)16-13(17)10-4-5-11-12(6-10)15-7-14-11/h4-9H,1-3H3,(H,14,15)(H,16,17). The van der Waals surface area contributed by atoms with Crippen molar-refractivity contribution >= 4 is 16.9 Å². The van der Waals surface area contributed by atoms with Crippen LogP contribution < -0.4 is 5.32 Å². The van der Waals surface area contributed by atoms with Crippen LogP contribution in [0.25, 0.3) is 11.0 Å². The molecule has 1 aromatic heterocycles. The molecule has 0 fully saturated rings. The topological polar surface area (TPSA) is 57.8 Å². The largest absolute Gasteiger partial charge is 0.349 e. The van der Waals surface area contributed by atoms with Gasteiger partial charge in [0.1, 0.15) is 0 Å². The highest BCUT2D eigenvalue weighted by Gasteiger charge is 2.12. The number of H-pyrrole nitrogens is 1. The minimum atomic E-state index is -0.0392. The van der Waals surface area contributed by atoms with Crippen LogP contribution in [-0.4, -0.2) is 21.9 Å². The Morgan fingerprint density at radius 3 is 2.82 bits per heavy atom. The minimum Gasteiger partial charge on any atom is -0.349 e. The molecule has 1 aromatic carbocycles. The molecule has 17 heavy (non-hydrogen) atoms. The van der Waals surface area contributed by atoms with E-state index in [-0.39, 0.29) is 11.9 Å². The highest BCUT2D eigenvalue weighted by atomic mass is 16.1. The van der Waals surface area contributed by atoms with Crippen LogP contribution in [0.5, 0.6) is 0 Å². The molecular formula is C13H17N3O. The second-order valence-corrected chi connectivity index (χ2v) is 4.64. The third-order valence-electron chi connectivity index (χ3n) is 3.04. The predicted molar refractivity (Wildman–Crippen MR) is 67.9 cm³/mol. The van der Waals surface area contributed by atoms with E-state index >= 15 is 0 Å². The van der Waals surface area contributed by atoms with E-state index in [1.165, 1.54) is 0 Å². The summed E-state index contributed by atoms with van der Waals surface area (Å²) in [6.07, 6.45) is 1.63. The first-order valence-corrected chi connectivity index (χ1v) is 5.82. The molecular weight excluding hydrogens is 214 g/mol. The number of aromatic nitrogens is 2. The maximum absolute atomic E-state index is 12.0. The van der Waals surface area contributed by atoms with Gasteiger partial charge in [0.05, 0.1) is 17.4 Å². The van der Waals surface area contributed by atoms with Gasteiger partial charge in [0.2, 0.25) is 0 Å². The van der Waals surface area contributed by atoms with Crippen LogP contribution in [0.2, 0.25) is 0 Å². The predicted octanol–water partition coefficient (Wildman–Crippen LogP) is 2.34. The van der Waals surface area contributed by atoms with E-state index in [1.54, 1.807) is 12.4 Å². The van der Waals surface area contributed by atoms with E-state index in [2.05, 4.69) is 29.1 Å². The summed E-state index contributed by atoms with van der Waals surface area (Å²) >= 11 is 0. The third kappa shape index (κ3) is 2.46. The van der Waals surface area contributed by atoms with Crippen molar-refractivity contribution in [2.24, 2.45) is 5.92 Å². The molecule has 0 saturated heterocycles. The monoisotopic (exact) mass is 231 g/mol. The molecule has 0 saturated carbocycles. The molecule has 2 aromatic rings. The summed E-state index contributed by atoms with van der Waals surface area (Å²) in [5.41, 5.74) is 2.42. The van der Waals surface area contributed by atoms with Crippen LogP contribution in [0.3, 0.4) is 0 Å². The average molecular weight is 231 g/mol. The fraction of sp³-hybridized carbons (Fsp3) is 0.385. The molecule has 0 aliphatic heterocycles. The van der Waals surface area contributed by atoms with Crippen LogP contribution in [-0.2, 0) is 0 Å². The van der Waals surface area contributed by atoms with Gasteiger partial charge in [-0.15, -0.1) is 0 Å². The maximum atomic E-state index is 12.0. The zero-order valence-electron chi connectivity index (χ0n) is 10.3. The molecule has 1 atom stereocenters. The van der Waals surface area contributed by atoms with Crippen molar-refractivity contribution in [2.45, 2.75) is 26.8 Å². The van der Waals surface area contributed by atoms with Gasteiger partial charge in [-0.1, -0.05) is 13.8 Å². The van der Waals surface area contributed by atoms with Crippen LogP contribution in [0, 0.1) is 5.92 Å². The van der Waals surface area contributed by atoms with E-state index in [9.17, 15) is 4.79 Å². The summed E-state index contributed by atoms with van der Waals surface area (Å²) in [5.74, 6) is 0.387. The Morgan fingerprint density at radius 2 is 2.12 bits per heavy atom. The fourth-order valence-electron chi connectivity index (χ4n) is 1.53. The van der Waals surface area contributed by atoms with Crippen molar-refractivity contribution in [2.75, 3.05) is 0 Å². The lowest BCUT2D eigenvalue weighted by molar-refractivity contribution is 0.0930. The third-order valence-corrected chi connectivity index (χ3v) is 3.04. The highest BCUT2D eigenvalue weighted by molar-refractivity contribution is 5.97. The van der Waals surface area contributed by atoms with E-state index in [4.69, 9.17) is 0 Å². The molecule has 1 amide bonds. The lowest BCUT2D eigenvalue weighted by atomic mass is 10.1. The van der Waals surface area contributed by atoms with Crippen molar-refractivity contribution < 1.29 is 4.79 Å². The van der Waals surface area contributed by atoms with Gasteiger partial charge in [0, 0.05) is 11.6 Å². The number of fused-ring (bicyclic) bond motifs is 1. The van der Waals surface area contributed by atoms with Crippen molar-refractivity contribution in [3.05, 3.63) is 30.1 Å². The number of amides is 1. The molecule has 0 spiro atoms. The van der Waals surface area contributed by atoms with Crippen LogP contribution >= 0.6 is 0 Å². The number of imidazole rings is 1. The first-order chi connectivity index (χ1) is 8.08. The number of hydrogen-bond donors (Lipinski definition) is 2. The second kappa shape index (κ2) is 4.57. The quantitative estimate of drug-likeness (QED) is 0.851. The number of nitrogens with one attached hydrogen (secondary N) is 2. The van der Waals surface area contributed by atoms with Gasteiger partial charge in [-0.3, -0.25) is 4.79 Å². The summed E-state index contributed by atoms with van der Waals surface area (Å²) < 4.78 is 0. The summed E-state index contributed by atoms with van der Waals surface area (Å²) in [6, 6.07) is 5.64. The molecule has 2 N–H and O–H groups in total. The SMILES string of the molecule is CC(C)C(C)NC(=O)c1ccc2nc[nH]c2c1. The van der Waals surface area contributed by atoms with Crippen LogP contribution in [0.4, 0.5) is 0 Å². The number of carbonyl (C=O) groups excluding carboxylic acids is 1. The van der Waals surface area contributed by atoms with Gasteiger partial charge in [-0.05, 0) is 31.0 Å². The second-order valence-electron chi connectivity index (χ2n) is 4.64. The Kier molecular flexibility index (Phi) is 3.13. The summed E-state index contributed by atoms with van der Waals surface area (Å²) in [6.45, 7) is 6.18. The minimum absolute atomic E-state index is 0.0392. The Bertz CT molecular complexity index is 530. The Morgan fingerprint density at radius 1 is 1.35 bits per heavy atom. The number of aromatic amines is 1. The van der Waals surface area contributed by atoms with Gasteiger partial charge in [0.25, 0.3) is 5.91 Å². The van der Waals surface area contributed by atoms with Crippen LogP contribution in [0.1, 0.15) is 31.1 Å². The first kappa shape index (κ1) is 11.6. The first-order valence-electron chi connectivity index (χ1n) is 5.82. The van der Waals surface area contributed by atoms with Crippen molar-refractivity contribution in [3.8, 4) is 0 Å². The van der Waals surface area contributed by atoms with E-state index in [0.29, 0.717) is 11.5 Å². The Labute approximate surface area is 100 Å². The molecule has 0 bridgehead atoms. The zero-order chi connectivity index (χ0) is 12.4. The van der Waals surface area contributed by atoms with Gasteiger partial charge < -0.3 is 10.3 Å². The molecule has 1 unspecified atom stereocenters. The van der Waals surface area contributed by atoms with Gasteiger partial charge in [0.15, 0.2) is 0 Å². The van der Waals surface area contributed by atoms with Crippen LogP contribution in [0.15, 0.2) is 24.5 Å². The molecule has 0 aliphatic carbocycles. The van der Waals surface area contributed by atoms with E-state index in [1.807, 2.05) is 19.1 Å². The average Bonchev–Trinajstić information content (AvgIpc) is 2.75. The van der Waals surface area contributed by atoms with Crippen molar-refractivity contribution in [3.63, 3.8) is 0 Å². The molecule has 4 nitrogen and oxygen atoms in total. The van der Waals surface area contributed by atoms with Crippen molar-refractivity contribution in [1.29, 1.82) is 0 Å². The molecule has 1 heterocycles. The van der Waals surface area contributed by atoms with E-state index in [0.717, 1.165) is 11.0 Å². The Balaban J connectivity index is 2.18. The number of rotatable bonds is 3. The lowest BCUT2D eigenvalue weighted by Crippen LogP contribution is -2.36. The number of carbonyl (C=O) groups is 1. The Hall–Kier alpha value is -1.84. The molecule has 2 rings (SSSR count). The lowest BCUT2D eigenvalue weighted by Gasteiger charge is -2.17. The maximum Gasteiger partial charge on any atom is 0.251 e. The number of benzene rings is 1. The summed E-state index contributed by atoms with van der Waals surface area (Å²) in [5, 5.41) is 2.98. The molecule has 0 aliphatic rings. The molecule has 0 radical (unpaired) electrons. The molecule has 4 heteroatoms. The van der Waals surface area contributed by atoms with Crippen molar-refractivity contribution in [1.82, 2.24) is 15.3 Å². The zero-order valence-corrected chi connectivity index (χ0v) is 10.3. The summed E-state index contributed by atoms with van der Waals surface area (Å²) in [7, 11) is 0.